The van der Waals surface area contributed by atoms with Crippen molar-refractivity contribution in [2.45, 2.75) is 25.4 Å². The number of hydrogen-bond donors (Lipinski definition) is 1. The smallest absolute Gasteiger partial charge is 0.319 e. The average Bonchev–Trinajstić information content (AvgIpc) is 3.27. The standard InChI is InChI=1S/C19H31N5O3/c1-21(2)17(25)20-16-7-9-24(18(26)22(3)4)14-19(16)8-10-23(13-19)12-15-6-5-11-27-15/h5-6,11,16H,7-10,12-14H2,1-4H3,(H,20,25)/t16-,19-/m1/s1. The van der Waals surface area contributed by atoms with E-state index in [9.17, 15) is 9.59 Å². The minimum absolute atomic E-state index is 0.0382. The van der Waals surface area contributed by atoms with E-state index in [1.165, 1.54) is 0 Å². The zero-order valence-electron chi connectivity index (χ0n) is 16.8. The van der Waals surface area contributed by atoms with E-state index >= 15 is 0 Å². The molecular weight excluding hydrogens is 346 g/mol. The molecule has 8 nitrogen and oxygen atoms in total. The van der Waals surface area contributed by atoms with Gasteiger partial charge in [-0.15, -0.1) is 0 Å². The SMILES string of the molecule is CN(C)C(=O)N[C@@H]1CCN(C(=O)N(C)C)C[C@]12CCN(Cc1ccco1)C2. The summed E-state index contributed by atoms with van der Waals surface area (Å²) in [4.78, 5) is 32.3. The van der Waals surface area contributed by atoms with E-state index in [2.05, 4.69) is 10.2 Å². The van der Waals surface area contributed by atoms with Gasteiger partial charge >= 0.3 is 12.1 Å². The van der Waals surface area contributed by atoms with E-state index in [0.29, 0.717) is 13.1 Å². The highest BCUT2D eigenvalue weighted by atomic mass is 16.3. The van der Waals surface area contributed by atoms with E-state index in [-0.39, 0.29) is 23.5 Å². The van der Waals surface area contributed by atoms with Gasteiger partial charge in [0.25, 0.3) is 0 Å². The molecule has 0 unspecified atom stereocenters. The molecule has 0 radical (unpaired) electrons. The van der Waals surface area contributed by atoms with E-state index in [1.54, 1.807) is 44.3 Å². The highest BCUT2D eigenvalue weighted by Crippen LogP contribution is 2.40. The summed E-state index contributed by atoms with van der Waals surface area (Å²) in [6.07, 6.45) is 3.41. The molecule has 0 aromatic carbocycles. The summed E-state index contributed by atoms with van der Waals surface area (Å²) in [5, 5.41) is 3.20. The predicted molar refractivity (Wildman–Crippen MR) is 102 cm³/mol. The van der Waals surface area contributed by atoms with Crippen LogP contribution < -0.4 is 5.32 Å². The normalized spacial score (nSPS) is 25.6. The van der Waals surface area contributed by atoms with E-state index in [0.717, 1.165) is 38.2 Å². The largest absolute Gasteiger partial charge is 0.468 e. The fourth-order valence-corrected chi connectivity index (χ4v) is 4.27. The van der Waals surface area contributed by atoms with E-state index in [1.807, 2.05) is 17.0 Å². The molecule has 3 rings (SSSR count). The van der Waals surface area contributed by atoms with E-state index in [4.69, 9.17) is 4.42 Å². The van der Waals surface area contributed by atoms with Crippen molar-refractivity contribution < 1.29 is 14.0 Å². The number of amides is 4. The number of carbonyl (C=O) groups excluding carboxylic acids is 2. The zero-order chi connectivity index (χ0) is 19.6. The Bertz CT molecular complexity index is 660. The van der Waals surface area contributed by atoms with Crippen LogP contribution in [0.5, 0.6) is 0 Å². The van der Waals surface area contributed by atoms with Gasteiger partial charge in [0.05, 0.1) is 12.8 Å². The topological polar surface area (TPSA) is 72.3 Å². The molecule has 2 fully saturated rings. The van der Waals surface area contributed by atoms with Crippen molar-refractivity contribution in [3.8, 4) is 0 Å². The predicted octanol–water partition coefficient (Wildman–Crippen LogP) is 1.50. The summed E-state index contributed by atoms with van der Waals surface area (Å²) in [5.41, 5.74) is -0.137. The Morgan fingerprint density at radius 2 is 2.00 bits per heavy atom. The van der Waals surface area contributed by atoms with Crippen molar-refractivity contribution in [1.82, 2.24) is 24.9 Å². The lowest BCUT2D eigenvalue weighted by Crippen LogP contribution is -2.62. The molecule has 4 amide bonds. The van der Waals surface area contributed by atoms with Crippen molar-refractivity contribution in [2.75, 3.05) is 54.4 Å². The van der Waals surface area contributed by atoms with Crippen molar-refractivity contribution in [3.05, 3.63) is 24.2 Å². The minimum Gasteiger partial charge on any atom is -0.468 e. The quantitative estimate of drug-likeness (QED) is 0.866. The molecule has 0 aliphatic carbocycles. The molecule has 3 heterocycles. The van der Waals surface area contributed by atoms with Crippen molar-refractivity contribution in [2.24, 2.45) is 5.41 Å². The van der Waals surface area contributed by atoms with E-state index < -0.39 is 0 Å². The second-order valence-corrected chi connectivity index (χ2v) is 8.19. The number of carbonyl (C=O) groups is 2. The second-order valence-electron chi connectivity index (χ2n) is 8.19. The molecule has 27 heavy (non-hydrogen) atoms. The Morgan fingerprint density at radius 3 is 2.63 bits per heavy atom. The van der Waals surface area contributed by atoms with Crippen LogP contribution in [0.25, 0.3) is 0 Å². The summed E-state index contributed by atoms with van der Waals surface area (Å²) in [6, 6.07) is 3.91. The van der Waals surface area contributed by atoms with Crippen LogP contribution >= 0.6 is 0 Å². The molecule has 2 atom stereocenters. The molecule has 150 valence electrons. The van der Waals surface area contributed by atoms with Gasteiger partial charge in [-0.1, -0.05) is 0 Å². The van der Waals surface area contributed by atoms with Gasteiger partial charge in [0.1, 0.15) is 5.76 Å². The highest BCUT2D eigenvalue weighted by Gasteiger charge is 2.49. The molecule has 1 spiro atoms. The number of piperidine rings is 1. The molecule has 2 saturated heterocycles. The zero-order valence-corrected chi connectivity index (χ0v) is 16.8. The Hall–Kier alpha value is -2.22. The Labute approximate surface area is 161 Å². The number of rotatable bonds is 3. The number of likely N-dealkylation sites (tertiary alicyclic amines) is 2. The first kappa shape index (κ1) is 19.5. The van der Waals surface area contributed by atoms with Gasteiger partial charge in [-0.25, -0.2) is 9.59 Å². The third kappa shape index (κ3) is 4.21. The lowest BCUT2D eigenvalue weighted by molar-refractivity contribution is 0.0644. The van der Waals surface area contributed by atoms with Crippen LogP contribution in [0.1, 0.15) is 18.6 Å². The van der Waals surface area contributed by atoms with Crippen LogP contribution in [0.4, 0.5) is 9.59 Å². The molecule has 0 bridgehead atoms. The minimum atomic E-state index is -0.137. The van der Waals surface area contributed by atoms with Gasteiger partial charge in [0.15, 0.2) is 0 Å². The van der Waals surface area contributed by atoms with Crippen LogP contribution in [0.3, 0.4) is 0 Å². The van der Waals surface area contributed by atoms with Crippen LogP contribution in [0, 0.1) is 5.41 Å². The number of furan rings is 1. The monoisotopic (exact) mass is 377 g/mol. The van der Waals surface area contributed by atoms with Gasteiger partial charge in [0, 0.05) is 59.3 Å². The maximum Gasteiger partial charge on any atom is 0.319 e. The fourth-order valence-electron chi connectivity index (χ4n) is 4.27. The number of urea groups is 2. The lowest BCUT2D eigenvalue weighted by Gasteiger charge is -2.47. The van der Waals surface area contributed by atoms with Crippen LogP contribution in [-0.4, -0.2) is 92.1 Å². The molecular formula is C19H31N5O3. The number of hydrogen-bond acceptors (Lipinski definition) is 4. The van der Waals surface area contributed by atoms with Gasteiger partial charge in [-0.2, -0.15) is 0 Å². The van der Waals surface area contributed by atoms with Crippen molar-refractivity contribution >= 4 is 12.1 Å². The molecule has 1 aromatic heterocycles. The van der Waals surface area contributed by atoms with Gasteiger partial charge in [0.2, 0.25) is 0 Å². The maximum absolute atomic E-state index is 12.5. The first-order chi connectivity index (χ1) is 12.8. The molecule has 8 heteroatoms. The average molecular weight is 377 g/mol. The molecule has 0 saturated carbocycles. The van der Waals surface area contributed by atoms with Gasteiger partial charge in [-0.05, 0) is 31.5 Å². The van der Waals surface area contributed by atoms with Crippen molar-refractivity contribution in [3.63, 3.8) is 0 Å². The highest BCUT2D eigenvalue weighted by molar-refractivity contribution is 5.75. The fraction of sp³-hybridized carbons (Fsp3) is 0.684. The third-order valence-corrected chi connectivity index (χ3v) is 5.71. The van der Waals surface area contributed by atoms with Gasteiger partial charge in [-0.3, -0.25) is 4.90 Å². The second kappa shape index (κ2) is 7.80. The van der Waals surface area contributed by atoms with Crippen LogP contribution in [0.15, 0.2) is 22.8 Å². The Kier molecular flexibility index (Phi) is 5.64. The molecule has 2 aliphatic heterocycles. The lowest BCUT2D eigenvalue weighted by atomic mass is 9.74. The summed E-state index contributed by atoms with van der Waals surface area (Å²) < 4.78 is 5.50. The summed E-state index contributed by atoms with van der Waals surface area (Å²) in [6.45, 7) is 3.85. The molecule has 1 aromatic rings. The molecule has 2 aliphatic rings. The first-order valence-corrected chi connectivity index (χ1v) is 9.49. The number of nitrogens with zero attached hydrogens (tertiary/aromatic N) is 4. The Balaban J connectivity index is 1.76. The molecule has 1 N–H and O–H groups in total. The van der Waals surface area contributed by atoms with Crippen molar-refractivity contribution in [1.29, 1.82) is 0 Å². The summed E-state index contributed by atoms with van der Waals surface area (Å²) in [5.74, 6) is 0.943. The maximum atomic E-state index is 12.5. The summed E-state index contributed by atoms with van der Waals surface area (Å²) >= 11 is 0. The van der Waals surface area contributed by atoms with Crippen LogP contribution in [-0.2, 0) is 6.54 Å². The third-order valence-electron chi connectivity index (χ3n) is 5.71. The van der Waals surface area contributed by atoms with Gasteiger partial charge < -0.3 is 24.4 Å². The van der Waals surface area contributed by atoms with Crippen LogP contribution in [0.2, 0.25) is 0 Å². The number of nitrogens with one attached hydrogen (secondary N) is 1. The summed E-state index contributed by atoms with van der Waals surface area (Å²) in [7, 11) is 7.08. The Morgan fingerprint density at radius 1 is 1.22 bits per heavy atom. The first-order valence-electron chi connectivity index (χ1n) is 9.49.